The van der Waals surface area contributed by atoms with Gasteiger partial charge in [0.15, 0.2) is 0 Å². The lowest BCUT2D eigenvalue weighted by Crippen LogP contribution is -2.39. The molecule has 1 unspecified atom stereocenters. The molecule has 1 N–H and O–H groups in total. The van der Waals surface area contributed by atoms with Crippen molar-refractivity contribution in [2.75, 3.05) is 14.1 Å². The molecule has 1 aliphatic rings. The highest BCUT2D eigenvalue weighted by atomic mass is 16.2. The summed E-state index contributed by atoms with van der Waals surface area (Å²) in [5.74, 6) is 0.0174. The molecular weight excluding hydrogens is 166 g/mol. The summed E-state index contributed by atoms with van der Waals surface area (Å²) in [4.78, 5) is 13.2. The Balaban J connectivity index is 2.72. The largest absolute Gasteiger partial charge is 0.365 e. The second-order valence-corrected chi connectivity index (χ2v) is 3.04. The second kappa shape index (κ2) is 3.94. The molecule has 1 rings (SSSR count). The Hall–Kier alpha value is -1.50. The van der Waals surface area contributed by atoms with Crippen LogP contribution < -0.4 is 5.32 Å². The fourth-order valence-electron chi connectivity index (χ4n) is 1.58. The highest BCUT2D eigenvalue weighted by Gasteiger charge is 2.29. The minimum Gasteiger partial charge on any atom is -0.365 e. The van der Waals surface area contributed by atoms with Gasteiger partial charge < -0.3 is 10.2 Å². The van der Waals surface area contributed by atoms with E-state index < -0.39 is 0 Å². The fraction of sp³-hybridized carbons (Fsp3) is 0.556. The predicted octanol–water partition coefficient (Wildman–Crippen LogP) is 0.234. The van der Waals surface area contributed by atoms with Crippen molar-refractivity contribution >= 4 is 5.91 Å². The van der Waals surface area contributed by atoms with E-state index in [2.05, 4.69) is 5.32 Å². The lowest BCUT2D eigenvalue weighted by atomic mass is 10.2. The first-order valence-electron chi connectivity index (χ1n) is 4.23. The van der Waals surface area contributed by atoms with Gasteiger partial charge in [-0.1, -0.05) is 0 Å². The first-order valence-corrected chi connectivity index (χ1v) is 4.23. The van der Waals surface area contributed by atoms with Crippen molar-refractivity contribution < 1.29 is 4.79 Å². The molecule has 70 valence electrons. The van der Waals surface area contributed by atoms with E-state index in [-0.39, 0.29) is 11.9 Å². The van der Waals surface area contributed by atoms with Gasteiger partial charge in [-0.3, -0.25) is 4.79 Å². The van der Waals surface area contributed by atoms with Crippen LogP contribution in [-0.4, -0.2) is 30.9 Å². The average Bonchev–Trinajstić information content (AvgIpc) is 2.48. The molecule has 0 aliphatic carbocycles. The van der Waals surface area contributed by atoms with Crippen molar-refractivity contribution in [3.05, 3.63) is 11.8 Å². The molecular formula is C9H13N3O. The minimum absolute atomic E-state index is 0.0174. The number of hydrogen-bond donors (Lipinski definition) is 1. The highest BCUT2D eigenvalue weighted by Crippen LogP contribution is 2.24. The first-order chi connectivity index (χ1) is 6.20. The van der Waals surface area contributed by atoms with E-state index in [1.807, 2.05) is 18.0 Å². The van der Waals surface area contributed by atoms with Crippen LogP contribution >= 0.6 is 0 Å². The third-order valence-electron chi connectivity index (χ3n) is 2.37. The van der Waals surface area contributed by atoms with Crippen molar-refractivity contribution in [1.29, 1.82) is 5.26 Å². The Labute approximate surface area is 77.8 Å². The van der Waals surface area contributed by atoms with Gasteiger partial charge in [0.2, 0.25) is 5.91 Å². The highest BCUT2D eigenvalue weighted by molar-refractivity contribution is 5.82. The maximum absolute atomic E-state index is 11.3. The Morgan fingerprint density at radius 1 is 1.85 bits per heavy atom. The maximum atomic E-state index is 11.3. The summed E-state index contributed by atoms with van der Waals surface area (Å²) >= 11 is 0. The standard InChI is InChI=1S/C9H13N3O/c1-11-9(13)8-4-3-7(5-6-10)12(8)2/h5,8H,3-4H2,1-2H3,(H,11,13)/b7-5+. The third-order valence-corrected chi connectivity index (χ3v) is 2.37. The van der Waals surface area contributed by atoms with Crippen LogP contribution in [0.25, 0.3) is 0 Å². The van der Waals surface area contributed by atoms with E-state index in [9.17, 15) is 4.79 Å². The quantitative estimate of drug-likeness (QED) is 0.586. The summed E-state index contributed by atoms with van der Waals surface area (Å²) in [7, 11) is 3.47. The van der Waals surface area contributed by atoms with Crippen molar-refractivity contribution in [3.8, 4) is 6.07 Å². The Morgan fingerprint density at radius 2 is 2.54 bits per heavy atom. The normalized spacial score (nSPS) is 24.5. The summed E-state index contributed by atoms with van der Waals surface area (Å²) in [6.45, 7) is 0. The van der Waals surface area contributed by atoms with Crippen LogP contribution in [0.5, 0.6) is 0 Å². The number of likely N-dealkylation sites (N-methyl/N-ethyl adjacent to an activating group) is 2. The van der Waals surface area contributed by atoms with E-state index in [1.54, 1.807) is 7.05 Å². The number of nitriles is 1. The molecule has 0 aromatic rings. The number of nitrogens with one attached hydrogen (secondary N) is 1. The molecule has 4 nitrogen and oxygen atoms in total. The van der Waals surface area contributed by atoms with Gasteiger partial charge in [-0.2, -0.15) is 5.26 Å². The molecule has 0 bridgehead atoms. The van der Waals surface area contributed by atoms with Crippen LogP contribution in [0, 0.1) is 11.3 Å². The van der Waals surface area contributed by atoms with Gasteiger partial charge in [0, 0.05) is 25.9 Å². The maximum Gasteiger partial charge on any atom is 0.242 e. The molecule has 1 amide bonds. The van der Waals surface area contributed by atoms with E-state index in [0.29, 0.717) is 0 Å². The van der Waals surface area contributed by atoms with Crippen molar-refractivity contribution in [3.63, 3.8) is 0 Å². The van der Waals surface area contributed by atoms with Crippen LogP contribution in [0.4, 0.5) is 0 Å². The SMILES string of the molecule is CNC(=O)C1CC/C(=C\C#N)N1C. The lowest BCUT2D eigenvalue weighted by Gasteiger charge is -2.20. The first kappa shape index (κ1) is 9.59. The Bertz CT molecular complexity index is 277. The minimum atomic E-state index is -0.107. The number of carbonyl (C=O) groups excluding carboxylic acids is 1. The number of carbonyl (C=O) groups is 1. The summed E-state index contributed by atoms with van der Waals surface area (Å²) in [6.07, 6.45) is 3.11. The van der Waals surface area contributed by atoms with Crippen LogP contribution in [0.3, 0.4) is 0 Å². The summed E-state index contributed by atoms with van der Waals surface area (Å²) < 4.78 is 0. The number of allylic oxidation sites excluding steroid dienone is 2. The third kappa shape index (κ3) is 1.81. The number of nitrogens with zero attached hydrogens (tertiary/aromatic N) is 2. The van der Waals surface area contributed by atoms with Crippen LogP contribution in [0.2, 0.25) is 0 Å². The molecule has 1 atom stereocenters. The molecule has 0 radical (unpaired) electrons. The Morgan fingerprint density at radius 3 is 3.08 bits per heavy atom. The molecule has 0 aromatic heterocycles. The Kier molecular flexibility index (Phi) is 2.91. The average molecular weight is 179 g/mol. The molecule has 1 aliphatic heterocycles. The number of hydrogen-bond acceptors (Lipinski definition) is 3. The van der Waals surface area contributed by atoms with Crippen LogP contribution in [0.1, 0.15) is 12.8 Å². The fourth-order valence-corrected chi connectivity index (χ4v) is 1.58. The molecule has 0 saturated carbocycles. The van der Waals surface area contributed by atoms with E-state index in [0.717, 1.165) is 18.5 Å². The van der Waals surface area contributed by atoms with E-state index in [4.69, 9.17) is 5.26 Å². The zero-order valence-corrected chi connectivity index (χ0v) is 7.87. The number of amides is 1. The topological polar surface area (TPSA) is 56.1 Å². The van der Waals surface area contributed by atoms with Gasteiger partial charge >= 0.3 is 0 Å². The van der Waals surface area contributed by atoms with Gasteiger partial charge in [0.05, 0.1) is 6.07 Å². The van der Waals surface area contributed by atoms with Gasteiger partial charge in [-0.25, -0.2) is 0 Å². The van der Waals surface area contributed by atoms with E-state index in [1.165, 1.54) is 6.08 Å². The predicted molar refractivity (Wildman–Crippen MR) is 48.5 cm³/mol. The van der Waals surface area contributed by atoms with Gasteiger partial charge in [0.1, 0.15) is 6.04 Å². The lowest BCUT2D eigenvalue weighted by molar-refractivity contribution is -0.124. The summed E-state index contributed by atoms with van der Waals surface area (Å²) in [6, 6.07) is 1.88. The second-order valence-electron chi connectivity index (χ2n) is 3.04. The van der Waals surface area contributed by atoms with E-state index >= 15 is 0 Å². The monoisotopic (exact) mass is 179 g/mol. The van der Waals surface area contributed by atoms with Crippen LogP contribution in [-0.2, 0) is 4.79 Å². The zero-order chi connectivity index (χ0) is 9.84. The number of likely N-dealkylation sites (tertiary alicyclic amines) is 1. The van der Waals surface area contributed by atoms with Gasteiger partial charge in [0.25, 0.3) is 0 Å². The van der Waals surface area contributed by atoms with Gasteiger partial charge in [-0.15, -0.1) is 0 Å². The zero-order valence-electron chi connectivity index (χ0n) is 7.87. The van der Waals surface area contributed by atoms with Crippen molar-refractivity contribution in [2.45, 2.75) is 18.9 Å². The van der Waals surface area contributed by atoms with Crippen molar-refractivity contribution in [2.24, 2.45) is 0 Å². The summed E-state index contributed by atoms with van der Waals surface area (Å²) in [5, 5.41) is 11.1. The molecule has 13 heavy (non-hydrogen) atoms. The number of rotatable bonds is 1. The molecule has 1 saturated heterocycles. The van der Waals surface area contributed by atoms with Crippen LogP contribution in [0.15, 0.2) is 11.8 Å². The smallest absolute Gasteiger partial charge is 0.242 e. The summed E-state index contributed by atoms with van der Waals surface area (Å²) in [5.41, 5.74) is 0.941. The molecule has 1 heterocycles. The van der Waals surface area contributed by atoms with Gasteiger partial charge in [-0.05, 0) is 12.8 Å². The van der Waals surface area contributed by atoms with Crippen molar-refractivity contribution in [1.82, 2.24) is 10.2 Å². The molecule has 0 aromatic carbocycles. The molecule has 1 fully saturated rings. The molecule has 0 spiro atoms. The molecule has 4 heteroatoms.